The lowest BCUT2D eigenvalue weighted by Crippen LogP contribution is -2.48. The fourth-order valence-corrected chi connectivity index (χ4v) is 1.80. The predicted octanol–water partition coefficient (Wildman–Crippen LogP) is -0.00640. The van der Waals surface area contributed by atoms with Crippen molar-refractivity contribution >= 4 is 6.41 Å². The Kier molecular flexibility index (Phi) is 2.25. The van der Waals surface area contributed by atoms with Gasteiger partial charge in [-0.3, -0.25) is 4.79 Å². The van der Waals surface area contributed by atoms with Crippen LogP contribution < -0.4 is 11.1 Å². The van der Waals surface area contributed by atoms with Crippen LogP contribution in [0.25, 0.3) is 0 Å². The van der Waals surface area contributed by atoms with E-state index in [0.29, 0.717) is 6.54 Å². The van der Waals surface area contributed by atoms with Crippen molar-refractivity contribution in [2.45, 2.75) is 31.3 Å². The Morgan fingerprint density at radius 3 is 2.93 bits per heavy atom. The van der Waals surface area contributed by atoms with Crippen molar-refractivity contribution in [3.05, 3.63) is 17.7 Å². The summed E-state index contributed by atoms with van der Waals surface area (Å²) < 4.78 is 0. The molecule has 14 heavy (non-hydrogen) atoms. The van der Waals surface area contributed by atoms with Crippen molar-refractivity contribution < 1.29 is 4.79 Å². The maximum atomic E-state index is 10.5. The van der Waals surface area contributed by atoms with Crippen LogP contribution in [0.15, 0.2) is 6.20 Å². The Morgan fingerprint density at radius 2 is 2.50 bits per heavy atom. The van der Waals surface area contributed by atoms with E-state index >= 15 is 0 Å². The van der Waals surface area contributed by atoms with Gasteiger partial charge in [-0.25, -0.2) is 4.98 Å². The van der Waals surface area contributed by atoms with Gasteiger partial charge >= 0.3 is 0 Å². The number of amides is 1. The molecule has 0 atom stereocenters. The van der Waals surface area contributed by atoms with Gasteiger partial charge < -0.3 is 16.0 Å². The topological polar surface area (TPSA) is 83.8 Å². The average molecular weight is 194 g/mol. The zero-order valence-electron chi connectivity index (χ0n) is 7.92. The van der Waals surface area contributed by atoms with Crippen molar-refractivity contribution in [3.63, 3.8) is 0 Å². The van der Waals surface area contributed by atoms with E-state index in [4.69, 9.17) is 5.73 Å². The Labute approximate surface area is 82.1 Å². The molecule has 1 amide bonds. The van der Waals surface area contributed by atoms with Crippen LogP contribution in [0.1, 0.15) is 30.8 Å². The summed E-state index contributed by atoms with van der Waals surface area (Å²) in [5.74, 6) is 0.830. The van der Waals surface area contributed by atoms with Crippen LogP contribution in [-0.2, 0) is 16.9 Å². The summed E-state index contributed by atoms with van der Waals surface area (Å²) in [5, 5.41) is 2.83. The molecule has 0 unspecified atom stereocenters. The van der Waals surface area contributed by atoms with Gasteiger partial charge in [0.05, 0.1) is 5.54 Å². The second-order valence-corrected chi connectivity index (χ2v) is 3.66. The number of carbonyl (C=O) groups is 1. The molecule has 0 spiro atoms. The molecule has 76 valence electrons. The molecule has 0 aromatic carbocycles. The molecule has 1 aliphatic rings. The second kappa shape index (κ2) is 3.42. The number of carbonyl (C=O) groups excluding carboxylic acids is 1. The minimum Gasteiger partial charge on any atom is -0.346 e. The van der Waals surface area contributed by atoms with Gasteiger partial charge in [-0.1, -0.05) is 0 Å². The van der Waals surface area contributed by atoms with Crippen LogP contribution in [0.5, 0.6) is 0 Å². The lowest BCUT2D eigenvalue weighted by atomic mass is 9.76. The lowest BCUT2D eigenvalue weighted by molar-refractivity contribution is -0.112. The monoisotopic (exact) mass is 194 g/mol. The molecule has 0 aliphatic heterocycles. The van der Waals surface area contributed by atoms with Crippen LogP contribution >= 0.6 is 0 Å². The Bertz CT molecular complexity index is 329. The van der Waals surface area contributed by atoms with E-state index in [9.17, 15) is 4.79 Å². The molecule has 0 bridgehead atoms. The van der Waals surface area contributed by atoms with E-state index in [-0.39, 0.29) is 5.54 Å². The first kappa shape index (κ1) is 9.21. The van der Waals surface area contributed by atoms with Gasteiger partial charge in [-0.15, -0.1) is 0 Å². The molecule has 2 rings (SSSR count). The summed E-state index contributed by atoms with van der Waals surface area (Å²) in [6.07, 6.45) is 5.48. The smallest absolute Gasteiger partial charge is 0.207 e. The van der Waals surface area contributed by atoms with Gasteiger partial charge in [0.15, 0.2) is 0 Å². The van der Waals surface area contributed by atoms with E-state index in [1.54, 1.807) is 6.20 Å². The zero-order valence-corrected chi connectivity index (χ0v) is 7.92. The van der Waals surface area contributed by atoms with E-state index in [1.165, 1.54) is 0 Å². The Morgan fingerprint density at radius 1 is 1.71 bits per heavy atom. The number of imidazole rings is 1. The minimum absolute atomic E-state index is 0.255. The van der Waals surface area contributed by atoms with Crippen molar-refractivity contribution in [3.8, 4) is 0 Å². The first-order valence-electron chi connectivity index (χ1n) is 4.76. The van der Waals surface area contributed by atoms with Gasteiger partial charge in [0.1, 0.15) is 5.82 Å². The van der Waals surface area contributed by atoms with Gasteiger partial charge in [-0.2, -0.15) is 0 Å². The molecule has 1 aliphatic carbocycles. The summed E-state index contributed by atoms with van der Waals surface area (Å²) in [7, 11) is 0. The van der Waals surface area contributed by atoms with Gasteiger partial charge in [-0.05, 0) is 19.3 Å². The lowest BCUT2D eigenvalue weighted by Gasteiger charge is -2.39. The van der Waals surface area contributed by atoms with Crippen molar-refractivity contribution in [1.82, 2.24) is 15.3 Å². The SMILES string of the molecule is NCc1cnc(C2(NC=O)CCC2)[nH]1. The number of hydrogen-bond donors (Lipinski definition) is 3. The highest BCUT2D eigenvalue weighted by Crippen LogP contribution is 2.39. The first-order chi connectivity index (χ1) is 6.80. The normalized spacial score (nSPS) is 18.6. The molecule has 1 heterocycles. The molecule has 1 aromatic heterocycles. The summed E-state index contributed by atoms with van der Waals surface area (Å²) in [6, 6.07) is 0. The van der Waals surface area contributed by atoms with E-state index in [0.717, 1.165) is 37.2 Å². The van der Waals surface area contributed by atoms with E-state index < -0.39 is 0 Å². The first-order valence-corrected chi connectivity index (χ1v) is 4.76. The summed E-state index contributed by atoms with van der Waals surface area (Å²) in [6.45, 7) is 0.449. The second-order valence-electron chi connectivity index (χ2n) is 3.66. The maximum absolute atomic E-state index is 10.5. The molecule has 1 fully saturated rings. The maximum Gasteiger partial charge on any atom is 0.207 e. The number of hydrogen-bond acceptors (Lipinski definition) is 3. The molecular weight excluding hydrogens is 180 g/mol. The van der Waals surface area contributed by atoms with E-state index in [2.05, 4.69) is 15.3 Å². The van der Waals surface area contributed by atoms with E-state index in [1.807, 2.05) is 0 Å². The third-order valence-corrected chi connectivity index (χ3v) is 2.84. The standard InChI is InChI=1S/C9H14N4O/c10-4-7-5-11-8(13-7)9(12-6-14)2-1-3-9/h5-6H,1-4,10H2,(H,11,13)(H,12,14). The fraction of sp³-hybridized carbons (Fsp3) is 0.556. The highest BCUT2D eigenvalue weighted by Gasteiger charge is 2.40. The number of rotatable bonds is 4. The largest absolute Gasteiger partial charge is 0.346 e. The minimum atomic E-state index is -0.255. The summed E-state index contributed by atoms with van der Waals surface area (Å²) in [5.41, 5.74) is 6.13. The van der Waals surface area contributed by atoms with Crippen LogP contribution in [-0.4, -0.2) is 16.4 Å². The molecular formula is C9H14N4O. The highest BCUT2D eigenvalue weighted by atomic mass is 16.1. The average Bonchev–Trinajstić information content (AvgIpc) is 2.59. The molecule has 5 nitrogen and oxygen atoms in total. The molecule has 1 aromatic rings. The molecule has 0 saturated heterocycles. The van der Waals surface area contributed by atoms with Crippen LogP contribution in [0.3, 0.4) is 0 Å². The Balaban J connectivity index is 2.22. The van der Waals surface area contributed by atoms with Crippen molar-refractivity contribution in [2.24, 2.45) is 5.73 Å². The number of aromatic nitrogens is 2. The molecule has 4 N–H and O–H groups in total. The highest BCUT2D eigenvalue weighted by molar-refractivity contribution is 5.49. The molecule has 0 radical (unpaired) electrons. The van der Waals surface area contributed by atoms with Crippen LogP contribution in [0.4, 0.5) is 0 Å². The van der Waals surface area contributed by atoms with Crippen LogP contribution in [0, 0.1) is 0 Å². The van der Waals surface area contributed by atoms with Crippen LogP contribution in [0.2, 0.25) is 0 Å². The third kappa shape index (κ3) is 1.29. The third-order valence-electron chi connectivity index (χ3n) is 2.84. The Hall–Kier alpha value is -1.36. The number of nitrogens with two attached hydrogens (primary N) is 1. The van der Waals surface area contributed by atoms with Gasteiger partial charge in [0, 0.05) is 18.4 Å². The van der Waals surface area contributed by atoms with Gasteiger partial charge in [0.2, 0.25) is 6.41 Å². The summed E-state index contributed by atoms with van der Waals surface area (Å²) >= 11 is 0. The number of aromatic amines is 1. The van der Waals surface area contributed by atoms with Gasteiger partial charge in [0.25, 0.3) is 0 Å². The van der Waals surface area contributed by atoms with Crippen molar-refractivity contribution in [1.29, 1.82) is 0 Å². The summed E-state index contributed by atoms with van der Waals surface area (Å²) in [4.78, 5) is 17.9. The molecule has 5 heteroatoms. The zero-order chi connectivity index (χ0) is 10.0. The number of nitrogens with one attached hydrogen (secondary N) is 2. The number of H-pyrrole nitrogens is 1. The number of nitrogens with zero attached hydrogens (tertiary/aromatic N) is 1. The fourth-order valence-electron chi connectivity index (χ4n) is 1.80. The predicted molar refractivity (Wildman–Crippen MR) is 51.2 cm³/mol. The molecule has 1 saturated carbocycles. The van der Waals surface area contributed by atoms with Crippen molar-refractivity contribution in [2.75, 3.05) is 0 Å². The quantitative estimate of drug-likeness (QED) is 0.589.